The summed E-state index contributed by atoms with van der Waals surface area (Å²) in [5.41, 5.74) is 2.88. The largest absolute Gasteiger partial charge is 0.497 e. The second-order valence-corrected chi connectivity index (χ2v) is 5.12. The molecule has 23 heavy (non-hydrogen) atoms. The molecule has 122 valence electrons. The molecule has 0 spiro atoms. The Morgan fingerprint density at radius 3 is 2.48 bits per heavy atom. The van der Waals surface area contributed by atoms with Gasteiger partial charge in [-0.15, -0.1) is 0 Å². The number of rotatable bonds is 8. The van der Waals surface area contributed by atoms with Gasteiger partial charge < -0.3 is 20.1 Å². The summed E-state index contributed by atoms with van der Waals surface area (Å²) in [7, 11) is 3.39. The van der Waals surface area contributed by atoms with Crippen molar-refractivity contribution in [3.8, 4) is 5.75 Å². The van der Waals surface area contributed by atoms with Crippen molar-refractivity contribution in [2.24, 2.45) is 0 Å². The van der Waals surface area contributed by atoms with Crippen LogP contribution in [0, 0.1) is 0 Å². The van der Waals surface area contributed by atoms with Crippen LogP contribution in [0.25, 0.3) is 0 Å². The number of hydrogen-bond acceptors (Lipinski definition) is 4. The van der Waals surface area contributed by atoms with Crippen LogP contribution in [0.2, 0.25) is 0 Å². The molecule has 0 saturated heterocycles. The predicted molar refractivity (Wildman–Crippen MR) is 90.5 cm³/mol. The summed E-state index contributed by atoms with van der Waals surface area (Å²) in [6.45, 7) is 1.31. The Labute approximate surface area is 136 Å². The summed E-state index contributed by atoms with van der Waals surface area (Å²) in [5.74, 6) is 0.766. The first-order valence-electron chi connectivity index (χ1n) is 7.45. The molecule has 0 heterocycles. The van der Waals surface area contributed by atoms with Crippen molar-refractivity contribution in [3.05, 3.63) is 59.7 Å². The van der Waals surface area contributed by atoms with E-state index in [0.717, 1.165) is 22.6 Å². The minimum Gasteiger partial charge on any atom is -0.497 e. The average molecular weight is 314 g/mol. The van der Waals surface area contributed by atoms with Crippen molar-refractivity contribution in [2.45, 2.75) is 13.2 Å². The van der Waals surface area contributed by atoms with Crippen LogP contribution in [0.4, 0.5) is 5.69 Å². The van der Waals surface area contributed by atoms with Gasteiger partial charge in [0.1, 0.15) is 5.75 Å². The van der Waals surface area contributed by atoms with Crippen LogP contribution in [0.15, 0.2) is 48.5 Å². The van der Waals surface area contributed by atoms with E-state index in [1.807, 2.05) is 48.5 Å². The fourth-order valence-electron chi connectivity index (χ4n) is 2.11. The third-order valence-electron chi connectivity index (χ3n) is 3.24. The molecule has 0 aromatic heterocycles. The molecule has 0 fully saturated rings. The summed E-state index contributed by atoms with van der Waals surface area (Å²) in [4.78, 5) is 11.6. The second kappa shape index (κ2) is 8.92. The fourth-order valence-corrected chi connectivity index (χ4v) is 2.11. The molecule has 0 atom stereocenters. The lowest BCUT2D eigenvalue weighted by molar-refractivity contribution is -0.115. The van der Waals surface area contributed by atoms with E-state index in [1.54, 1.807) is 14.2 Å². The van der Waals surface area contributed by atoms with Gasteiger partial charge in [0.25, 0.3) is 0 Å². The van der Waals surface area contributed by atoms with Crippen LogP contribution >= 0.6 is 0 Å². The molecular formula is C18H22N2O3. The maximum Gasteiger partial charge on any atom is 0.238 e. The van der Waals surface area contributed by atoms with E-state index in [2.05, 4.69) is 10.6 Å². The molecule has 0 radical (unpaired) electrons. The van der Waals surface area contributed by atoms with Gasteiger partial charge in [-0.3, -0.25) is 4.79 Å². The lowest BCUT2D eigenvalue weighted by atomic mass is 10.2. The highest BCUT2D eigenvalue weighted by molar-refractivity contribution is 5.92. The topological polar surface area (TPSA) is 59.6 Å². The van der Waals surface area contributed by atoms with Crippen molar-refractivity contribution in [2.75, 3.05) is 26.0 Å². The first kappa shape index (κ1) is 17.0. The number of amides is 1. The van der Waals surface area contributed by atoms with Crippen molar-refractivity contribution >= 4 is 11.6 Å². The van der Waals surface area contributed by atoms with Gasteiger partial charge in [0.2, 0.25) is 5.91 Å². The van der Waals surface area contributed by atoms with Gasteiger partial charge in [-0.05, 0) is 42.4 Å². The third-order valence-corrected chi connectivity index (χ3v) is 3.24. The zero-order chi connectivity index (χ0) is 16.5. The van der Waals surface area contributed by atoms with Gasteiger partial charge in [-0.25, -0.2) is 0 Å². The van der Waals surface area contributed by atoms with Crippen LogP contribution in [0.3, 0.4) is 0 Å². The Balaban J connectivity index is 1.84. The molecule has 0 unspecified atom stereocenters. The second-order valence-electron chi connectivity index (χ2n) is 5.12. The first-order valence-corrected chi connectivity index (χ1v) is 7.45. The highest BCUT2D eigenvalue weighted by Gasteiger charge is 2.02. The summed E-state index contributed by atoms with van der Waals surface area (Å²) >= 11 is 0. The summed E-state index contributed by atoms with van der Waals surface area (Å²) in [5, 5.41) is 5.65. The van der Waals surface area contributed by atoms with E-state index >= 15 is 0 Å². The molecule has 0 aliphatic carbocycles. The quantitative estimate of drug-likeness (QED) is 0.786. The maximum atomic E-state index is 11.6. The number of methoxy groups -OCH3 is 1. The predicted octanol–water partition coefficient (Wildman–Crippen LogP) is 2.57. The van der Waals surface area contributed by atoms with Crippen molar-refractivity contribution in [1.82, 2.24) is 5.32 Å². The van der Waals surface area contributed by atoms with Crippen LogP contribution in [-0.4, -0.2) is 26.6 Å². The molecule has 2 rings (SSSR count). The van der Waals surface area contributed by atoms with E-state index in [9.17, 15) is 4.79 Å². The Morgan fingerprint density at radius 2 is 1.78 bits per heavy atom. The molecule has 5 nitrogen and oxygen atoms in total. The fraction of sp³-hybridized carbons (Fsp3) is 0.278. The molecule has 0 saturated carbocycles. The van der Waals surface area contributed by atoms with Gasteiger partial charge in [0.05, 0.1) is 26.9 Å². The Hall–Kier alpha value is -2.37. The lowest BCUT2D eigenvalue weighted by Gasteiger charge is -2.08. The van der Waals surface area contributed by atoms with E-state index in [4.69, 9.17) is 9.47 Å². The molecule has 2 aromatic carbocycles. The van der Waals surface area contributed by atoms with Crippen molar-refractivity contribution in [3.63, 3.8) is 0 Å². The smallest absolute Gasteiger partial charge is 0.238 e. The van der Waals surface area contributed by atoms with Crippen molar-refractivity contribution < 1.29 is 14.3 Å². The Kier molecular flexibility index (Phi) is 6.59. The number of carbonyl (C=O) groups is 1. The van der Waals surface area contributed by atoms with Gasteiger partial charge in [-0.1, -0.05) is 24.3 Å². The van der Waals surface area contributed by atoms with Crippen LogP contribution in [0.1, 0.15) is 11.1 Å². The average Bonchev–Trinajstić information content (AvgIpc) is 2.56. The highest BCUT2D eigenvalue weighted by atomic mass is 16.5. The summed E-state index contributed by atoms with van der Waals surface area (Å²) < 4.78 is 10.8. The standard InChI is InChI=1S/C18H22N2O3/c1-19-11-18(21)20-16-5-3-4-15(10-16)13-23-12-14-6-8-17(22-2)9-7-14/h3-10,19H,11-13H2,1-2H3,(H,20,21). The van der Waals surface area contributed by atoms with E-state index < -0.39 is 0 Å². The monoisotopic (exact) mass is 314 g/mol. The van der Waals surface area contributed by atoms with Crippen LogP contribution in [-0.2, 0) is 22.7 Å². The number of nitrogens with one attached hydrogen (secondary N) is 2. The Bertz CT molecular complexity index is 626. The zero-order valence-corrected chi connectivity index (χ0v) is 13.5. The highest BCUT2D eigenvalue weighted by Crippen LogP contribution is 2.14. The number of hydrogen-bond donors (Lipinski definition) is 2. The zero-order valence-electron chi connectivity index (χ0n) is 13.5. The summed E-state index contributed by atoms with van der Waals surface area (Å²) in [6.07, 6.45) is 0. The molecular weight excluding hydrogens is 292 g/mol. The number of ether oxygens (including phenoxy) is 2. The molecule has 5 heteroatoms. The molecule has 0 bridgehead atoms. The van der Waals surface area contributed by atoms with Crippen molar-refractivity contribution in [1.29, 1.82) is 0 Å². The third kappa shape index (κ3) is 5.73. The number of carbonyl (C=O) groups excluding carboxylic acids is 1. The molecule has 2 aromatic rings. The number of likely N-dealkylation sites (N-methyl/N-ethyl adjacent to an activating group) is 1. The minimum absolute atomic E-state index is 0.0659. The molecule has 0 aliphatic heterocycles. The first-order chi connectivity index (χ1) is 11.2. The SMILES string of the molecule is CNCC(=O)Nc1cccc(COCc2ccc(OC)cc2)c1. The number of benzene rings is 2. The lowest BCUT2D eigenvalue weighted by Crippen LogP contribution is -2.25. The van der Waals surface area contributed by atoms with E-state index in [-0.39, 0.29) is 12.5 Å². The normalized spacial score (nSPS) is 10.3. The van der Waals surface area contributed by atoms with Gasteiger partial charge in [0, 0.05) is 5.69 Å². The summed E-state index contributed by atoms with van der Waals surface area (Å²) in [6, 6.07) is 15.4. The van der Waals surface area contributed by atoms with Gasteiger partial charge >= 0.3 is 0 Å². The minimum atomic E-state index is -0.0659. The Morgan fingerprint density at radius 1 is 1.04 bits per heavy atom. The van der Waals surface area contributed by atoms with E-state index in [1.165, 1.54) is 0 Å². The van der Waals surface area contributed by atoms with Gasteiger partial charge in [0.15, 0.2) is 0 Å². The molecule has 0 aliphatic rings. The van der Waals surface area contributed by atoms with Gasteiger partial charge in [-0.2, -0.15) is 0 Å². The molecule has 1 amide bonds. The van der Waals surface area contributed by atoms with E-state index in [0.29, 0.717) is 13.2 Å². The number of anilines is 1. The van der Waals surface area contributed by atoms with Crippen LogP contribution < -0.4 is 15.4 Å². The van der Waals surface area contributed by atoms with Crippen LogP contribution in [0.5, 0.6) is 5.75 Å². The maximum absolute atomic E-state index is 11.6. The molecule has 2 N–H and O–H groups in total.